The molecule has 0 aliphatic heterocycles. The summed E-state index contributed by atoms with van der Waals surface area (Å²) in [5, 5.41) is 4.26. The fraction of sp³-hybridized carbons (Fsp3) is 0.286. The Bertz CT molecular complexity index is 1540. The van der Waals surface area contributed by atoms with Crippen LogP contribution in [0.5, 0.6) is 0 Å². The molecule has 3 N–H and O–H groups in total. The standard InChI is InChI=1S/C28H24Cl2F7N3O3/c1-14(2)42-40-23(27(32,33)34)13-39-25(41)20-9-8-17(18-6-4-5-7-19(18)20)15(3)12-26(43-38,28(35,36)37)16-10-21(29)24(31)22(30)11-16/h4-11,14H,3,12-13,38H2,1-2H3,(H,39,41)/b40-23+. The molecule has 1 amide bonds. The first kappa shape index (κ1) is 34.1. The number of hydrogen-bond donors (Lipinski definition) is 2. The van der Waals surface area contributed by atoms with Gasteiger partial charge in [0, 0.05) is 12.0 Å². The smallest absolute Gasteiger partial charge is 0.393 e. The lowest BCUT2D eigenvalue weighted by Gasteiger charge is -2.35. The molecule has 0 heterocycles. The van der Waals surface area contributed by atoms with Crippen molar-refractivity contribution < 1.29 is 45.2 Å². The fourth-order valence-electron chi connectivity index (χ4n) is 4.14. The highest BCUT2D eigenvalue weighted by Gasteiger charge is 2.58. The third-order valence-electron chi connectivity index (χ3n) is 6.24. The number of rotatable bonds is 10. The summed E-state index contributed by atoms with van der Waals surface area (Å²) in [6, 6.07) is 9.87. The maximum atomic E-state index is 14.5. The van der Waals surface area contributed by atoms with Gasteiger partial charge < -0.3 is 10.2 Å². The van der Waals surface area contributed by atoms with E-state index >= 15 is 0 Å². The summed E-state index contributed by atoms with van der Waals surface area (Å²) in [4.78, 5) is 22.2. The first-order valence-electron chi connectivity index (χ1n) is 12.3. The summed E-state index contributed by atoms with van der Waals surface area (Å²) in [6.07, 6.45) is -11.7. The van der Waals surface area contributed by atoms with E-state index < -0.39 is 70.1 Å². The minimum atomic E-state index is -5.18. The highest BCUT2D eigenvalue weighted by molar-refractivity contribution is 6.35. The number of oxime groups is 1. The minimum Gasteiger partial charge on any atom is -0.393 e. The monoisotopic (exact) mass is 653 g/mol. The lowest BCUT2D eigenvalue weighted by atomic mass is 9.83. The van der Waals surface area contributed by atoms with Crippen LogP contribution in [0.3, 0.4) is 0 Å². The van der Waals surface area contributed by atoms with Crippen LogP contribution in [0.2, 0.25) is 10.0 Å². The minimum absolute atomic E-state index is 0.0762. The van der Waals surface area contributed by atoms with Crippen molar-refractivity contribution in [1.82, 2.24) is 5.32 Å². The van der Waals surface area contributed by atoms with Crippen LogP contribution in [-0.2, 0) is 15.3 Å². The molecule has 0 aromatic heterocycles. The van der Waals surface area contributed by atoms with Crippen molar-refractivity contribution in [2.75, 3.05) is 6.54 Å². The van der Waals surface area contributed by atoms with E-state index in [0.717, 1.165) is 0 Å². The Morgan fingerprint density at radius 1 is 1.00 bits per heavy atom. The number of carbonyl (C=O) groups is 1. The molecule has 0 aliphatic rings. The average molecular weight is 654 g/mol. The molecule has 1 atom stereocenters. The van der Waals surface area contributed by atoms with Crippen LogP contribution in [0.4, 0.5) is 30.7 Å². The van der Waals surface area contributed by atoms with Crippen molar-refractivity contribution in [3.63, 3.8) is 0 Å². The first-order chi connectivity index (χ1) is 19.9. The Labute approximate surface area is 251 Å². The van der Waals surface area contributed by atoms with Gasteiger partial charge >= 0.3 is 12.4 Å². The van der Waals surface area contributed by atoms with Crippen molar-refractivity contribution in [1.29, 1.82) is 0 Å². The summed E-state index contributed by atoms with van der Waals surface area (Å²) in [7, 11) is 0. The predicted octanol–water partition coefficient (Wildman–Crippen LogP) is 8.11. The van der Waals surface area contributed by atoms with E-state index in [1.807, 2.05) is 0 Å². The summed E-state index contributed by atoms with van der Waals surface area (Å²) in [5.74, 6) is 3.15. The quantitative estimate of drug-likeness (QED) is 0.100. The molecule has 3 aromatic carbocycles. The van der Waals surface area contributed by atoms with Gasteiger partial charge in [-0.2, -0.15) is 26.3 Å². The average Bonchev–Trinajstić information content (AvgIpc) is 2.91. The van der Waals surface area contributed by atoms with E-state index in [-0.39, 0.29) is 27.5 Å². The number of hydrogen-bond acceptors (Lipinski definition) is 5. The van der Waals surface area contributed by atoms with Gasteiger partial charge in [-0.05, 0) is 59.5 Å². The molecule has 0 bridgehead atoms. The van der Waals surface area contributed by atoms with Crippen LogP contribution in [0.25, 0.3) is 16.3 Å². The SMILES string of the molecule is C=C(CC(ON)(c1cc(Cl)c(F)c(Cl)c1)C(F)(F)F)c1ccc(C(=O)NC/C(=N\OC(C)C)C(F)(F)F)c2ccccc12. The number of halogens is 9. The van der Waals surface area contributed by atoms with Crippen molar-refractivity contribution in [2.24, 2.45) is 11.1 Å². The van der Waals surface area contributed by atoms with Gasteiger partial charge in [-0.15, -0.1) is 0 Å². The second kappa shape index (κ2) is 13.1. The topological polar surface area (TPSA) is 85.9 Å². The second-order valence-electron chi connectivity index (χ2n) is 9.56. The largest absolute Gasteiger partial charge is 0.434 e. The molecule has 1 unspecified atom stereocenters. The van der Waals surface area contributed by atoms with Gasteiger partial charge in [-0.1, -0.05) is 65.3 Å². The van der Waals surface area contributed by atoms with E-state index in [9.17, 15) is 35.5 Å². The van der Waals surface area contributed by atoms with Crippen LogP contribution >= 0.6 is 23.2 Å². The Morgan fingerprint density at radius 3 is 2.02 bits per heavy atom. The van der Waals surface area contributed by atoms with Crippen LogP contribution in [0, 0.1) is 5.82 Å². The Balaban J connectivity index is 2.02. The van der Waals surface area contributed by atoms with Gasteiger partial charge in [0.05, 0.1) is 16.6 Å². The fourth-order valence-corrected chi connectivity index (χ4v) is 4.63. The van der Waals surface area contributed by atoms with Gasteiger partial charge in [0.2, 0.25) is 5.60 Å². The van der Waals surface area contributed by atoms with E-state index in [4.69, 9.17) is 29.1 Å². The Morgan fingerprint density at radius 2 is 1.53 bits per heavy atom. The number of carbonyl (C=O) groups excluding carboxylic acids is 1. The highest BCUT2D eigenvalue weighted by atomic mass is 35.5. The van der Waals surface area contributed by atoms with Gasteiger partial charge in [-0.3, -0.25) is 9.63 Å². The number of fused-ring (bicyclic) bond motifs is 1. The van der Waals surface area contributed by atoms with E-state index in [1.54, 1.807) is 0 Å². The number of nitrogens with zero attached hydrogens (tertiary/aromatic N) is 1. The predicted molar refractivity (Wildman–Crippen MR) is 149 cm³/mol. The number of nitrogens with one attached hydrogen (secondary N) is 1. The molecular weight excluding hydrogens is 630 g/mol. The molecule has 3 aromatic rings. The van der Waals surface area contributed by atoms with Crippen LogP contribution in [0.1, 0.15) is 41.8 Å². The maximum Gasteiger partial charge on any atom is 0.434 e. The van der Waals surface area contributed by atoms with Crippen LogP contribution in [0.15, 0.2) is 60.3 Å². The molecule has 232 valence electrons. The number of benzene rings is 3. The van der Waals surface area contributed by atoms with Crippen molar-refractivity contribution in [2.45, 2.75) is 44.3 Å². The number of alkyl halides is 6. The second-order valence-corrected chi connectivity index (χ2v) is 10.4. The molecule has 0 fully saturated rings. The summed E-state index contributed by atoms with van der Waals surface area (Å²) in [5.41, 5.74) is -5.44. The normalized spacial score (nSPS) is 14.1. The molecule has 6 nitrogen and oxygen atoms in total. The summed E-state index contributed by atoms with van der Waals surface area (Å²) >= 11 is 11.5. The Kier molecular flexibility index (Phi) is 10.4. The molecular formula is C28H24Cl2F7N3O3. The molecule has 0 saturated carbocycles. The molecule has 3 rings (SSSR count). The lowest BCUT2D eigenvalue weighted by molar-refractivity contribution is -0.285. The molecule has 0 spiro atoms. The Hall–Kier alpha value is -3.39. The van der Waals surface area contributed by atoms with Gasteiger partial charge in [0.25, 0.3) is 5.91 Å². The van der Waals surface area contributed by atoms with E-state index in [0.29, 0.717) is 12.1 Å². The van der Waals surface area contributed by atoms with Crippen LogP contribution in [-0.4, -0.2) is 36.6 Å². The van der Waals surface area contributed by atoms with Gasteiger partial charge in [0.1, 0.15) is 6.10 Å². The molecule has 0 aliphatic carbocycles. The maximum absolute atomic E-state index is 14.5. The van der Waals surface area contributed by atoms with Crippen molar-refractivity contribution in [3.05, 3.63) is 87.7 Å². The van der Waals surface area contributed by atoms with Gasteiger partial charge in [0.15, 0.2) is 11.5 Å². The third kappa shape index (κ3) is 7.40. The molecule has 0 radical (unpaired) electrons. The number of nitrogens with two attached hydrogens (primary N) is 1. The zero-order chi connectivity index (χ0) is 32.3. The molecule has 0 saturated heterocycles. The van der Waals surface area contributed by atoms with Crippen molar-refractivity contribution in [3.8, 4) is 0 Å². The first-order valence-corrected chi connectivity index (χ1v) is 13.1. The molecule has 43 heavy (non-hydrogen) atoms. The highest BCUT2D eigenvalue weighted by Crippen LogP contribution is 2.49. The lowest BCUT2D eigenvalue weighted by Crippen LogP contribution is -2.47. The summed E-state index contributed by atoms with van der Waals surface area (Å²) in [6.45, 7) is 5.71. The van der Waals surface area contributed by atoms with Crippen molar-refractivity contribution >= 4 is 51.2 Å². The van der Waals surface area contributed by atoms with E-state index in [1.165, 1.54) is 50.2 Å². The zero-order valence-corrected chi connectivity index (χ0v) is 24.0. The van der Waals surface area contributed by atoms with Gasteiger partial charge in [-0.25, -0.2) is 10.3 Å². The molecule has 15 heteroatoms. The van der Waals surface area contributed by atoms with Crippen LogP contribution < -0.4 is 11.2 Å². The van der Waals surface area contributed by atoms with E-state index in [2.05, 4.69) is 26.7 Å². The number of amides is 1. The summed E-state index contributed by atoms with van der Waals surface area (Å²) < 4.78 is 97.7. The third-order valence-corrected chi connectivity index (χ3v) is 6.79. The zero-order valence-electron chi connectivity index (χ0n) is 22.5.